The first-order valence-corrected chi connectivity index (χ1v) is 6.56. The minimum atomic E-state index is -4.01. The molecular weight excluding hydrogens is 279 g/mol. The highest BCUT2D eigenvalue weighted by molar-refractivity contribution is 7.90. The molecule has 1 heterocycles. The van der Waals surface area contributed by atoms with Crippen molar-refractivity contribution in [1.29, 1.82) is 0 Å². The van der Waals surface area contributed by atoms with Crippen LogP contribution in [0.25, 0.3) is 0 Å². The molecule has 9 heteroatoms. The highest BCUT2D eigenvalue weighted by atomic mass is 32.2. The Morgan fingerprint density at radius 1 is 1.42 bits per heavy atom. The van der Waals surface area contributed by atoms with Gasteiger partial charge < -0.3 is 9.63 Å². The molecule has 0 unspecified atom stereocenters. The molecule has 0 bridgehead atoms. The van der Waals surface area contributed by atoms with Crippen molar-refractivity contribution in [1.82, 2.24) is 10.1 Å². The molecule has 0 saturated carbocycles. The topological polar surface area (TPSA) is 110 Å². The minimum absolute atomic E-state index is 0.110. The lowest BCUT2D eigenvalue weighted by Crippen LogP contribution is -2.09. The average Bonchev–Trinajstić information content (AvgIpc) is 2.80. The van der Waals surface area contributed by atoms with Crippen molar-refractivity contribution in [2.45, 2.75) is 10.6 Å². The van der Waals surface area contributed by atoms with Crippen molar-refractivity contribution < 1.29 is 27.2 Å². The number of aromatic carboxylic acids is 1. The van der Waals surface area contributed by atoms with Crippen molar-refractivity contribution in [3.05, 3.63) is 41.8 Å². The molecule has 1 aromatic carbocycles. The quantitative estimate of drug-likeness (QED) is 0.888. The van der Waals surface area contributed by atoms with E-state index in [1.165, 1.54) is 0 Å². The highest BCUT2D eigenvalue weighted by Crippen LogP contribution is 2.19. The van der Waals surface area contributed by atoms with Crippen LogP contribution in [0.15, 0.2) is 34.0 Å². The molecule has 0 aliphatic rings. The van der Waals surface area contributed by atoms with Crippen LogP contribution in [0.4, 0.5) is 4.39 Å². The first-order valence-electron chi connectivity index (χ1n) is 4.91. The van der Waals surface area contributed by atoms with Crippen LogP contribution in [0.1, 0.15) is 16.2 Å². The lowest BCUT2D eigenvalue weighted by atomic mass is 10.2. The SMILES string of the molecule is O=C(O)c1ccc(S(=O)(=O)Cc2ncon2)c(F)c1. The van der Waals surface area contributed by atoms with Gasteiger partial charge in [-0.2, -0.15) is 4.98 Å². The Kier molecular flexibility index (Phi) is 3.30. The van der Waals surface area contributed by atoms with Crippen molar-refractivity contribution in [3.63, 3.8) is 0 Å². The monoisotopic (exact) mass is 286 g/mol. The van der Waals surface area contributed by atoms with Crippen molar-refractivity contribution in [2.75, 3.05) is 0 Å². The summed E-state index contributed by atoms with van der Waals surface area (Å²) in [5.74, 6) is -3.22. The predicted octanol–water partition coefficient (Wildman–Crippen LogP) is 0.881. The van der Waals surface area contributed by atoms with Gasteiger partial charge in [0.05, 0.1) is 5.56 Å². The van der Waals surface area contributed by atoms with E-state index < -0.39 is 32.3 Å². The summed E-state index contributed by atoms with van der Waals surface area (Å²) in [4.78, 5) is 13.5. The van der Waals surface area contributed by atoms with Crippen molar-refractivity contribution in [2.24, 2.45) is 0 Å². The Balaban J connectivity index is 2.38. The molecule has 0 fully saturated rings. The van der Waals surface area contributed by atoms with Gasteiger partial charge in [-0.25, -0.2) is 17.6 Å². The molecule has 2 rings (SSSR count). The van der Waals surface area contributed by atoms with Crippen LogP contribution in [-0.4, -0.2) is 29.6 Å². The van der Waals surface area contributed by atoms with Gasteiger partial charge in [0.15, 0.2) is 15.7 Å². The van der Waals surface area contributed by atoms with Gasteiger partial charge in [-0.1, -0.05) is 5.16 Å². The molecule has 19 heavy (non-hydrogen) atoms. The number of halogens is 1. The standard InChI is InChI=1S/C10H7FN2O5S/c11-7-3-6(10(14)15)1-2-8(7)19(16,17)4-9-12-5-18-13-9/h1-3,5H,4H2,(H,14,15). The third-order valence-electron chi connectivity index (χ3n) is 2.24. The summed E-state index contributed by atoms with van der Waals surface area (Å²) in [6.07, 6.45) is 0.953. The Morgan fingerprint density at radius 2 is 2.16 bits per heavy atom. The lowest BCUT2D eigenvalue weighted by molar-refractivity contribution is 0.0696. The Hall–Kier alpha value is -2.29. The molecule has 1 N–H and O–H groups in total. The molecule has 0 aliphatic carbocycles. The zero-order valence-electron chi connectivity index (χ0n) is 9.28. The maximum Gasteiger partial charge on any atom is 0.335 e. The first-order chi connectivity index (χ1) is 8.90. The van der Waals surface area contributed by atoms with E-state index in [9.17, 15) is 17.6 Å². The molecule has 1 aromatic heterocycles. The highest BCUT2D eigenvalue weighted by Gasteiger charge is 2.23. The van der Waals surface area contributed by atoms with Crippen LogP contribution in [0.5, 0.6) is 0 Å². The normalized spacial score (nSPS) is 11.4. The van der Waals surface area contributed by atoms with Crippen LogP contribution in [-0.2, 0) is 15.6 Å². The second-order valence-corrected chi connectivity index (χ2v) is 5.51. The third kappa shape index (κ3) is 2.76. The summed E-state index contributed by atoms with van der Waals surface area (Å²) in [6, 6.07) is 2.55. The number of carbonyl (C=O) groups is 1. The van der Waals surface area contributed by atoms with Gasteiger partial charge in [0, 0.05) is 0 Å². The molecular formula is C10H7FN2O5S. The van der Waals surface area contributed by atoms with E-state index in [1.54, 1.807) is 0 Å². The van der Waals surface area contributed by atoms with E-state index in [0.717, 1.165) is 18.5 Å². The summed E-state index contributed by atoms with van der Waals surface area (Å²) >= 11 is 0. The van der Waals surface area contributed by atoms with Crippen LogP contribution < -0.4 is 0 Å². The molecule has 0 radical (unpaired) electrons. The fourth-order valence-electron chi connectivity index (χ4n) is 1.39. The van der Waals surface area contributed by atoms with E-state index in [4.69, 9.17) is 5.11 Å². The number of sulfone groups is 1. The van der Waals surface area contributed by atoms with E-state index in [-0.39, 0.29) is 11.4 Å². The molecule has 7 nitrogen and oxygen atoms in total. The summed E-state index contributed by atoms with van der Waals surface area (Å²) in [7, 11) is -4.01. The zero-order valence-corrected chi connectivity index (χ0v) is 10.1. The third-order valence-corrected chi connectivity index (χ3v) is 3.88. The fraction of sp³-hybridized carbons (Fsp3) is 0.100. The average molecular weight is 286 g/mol. The minimum Gasteiger partial charge on any atom is -0.478 e. The summed E-state index contributed by atoms with van der Waals surface area (Å²) < 4.78 is 41.8. The van der Waals surface area contributed by atoms with Gasteiger partial charge in [0.25, 0.3) is 0 Å². The molecule has 0 saturated heterocycles. The Labute approximate surface area is 106 Å². The van der Waals surface area contributed by atoms with Gasteiger partial charge in [-0.3, -0.25) is 0 Å². The van der Waals surface area contributed by atoms with Crippen LogP contribution in [0, 0.1) is 5.82 Å². The molecule has 0 amide bonds. The Morgan fingerprint density at radius 3 is 2.68 bits per heavy atom. The second-order valence-electron chi connectivity index (χ2n) is 3.56. The summed E-state index contributed by atoms with van der Waals surface area (Å²) in [5.41, 5.74) is -0.337. The van der Waals surface area contributed by atoms with E-state index >= 15 is 0 Å². The van der Waals surface area contributed by atoms with Gasteiger partial charge in [0.1, 0.15) is 16.5 Å². The number of nitrogens with zero attached hydrogens (tertiary/aromatic N) is 2. The molecule has 0 aliphatic heterocycles. The maximum absolute atomic E-state index is 13.6. The van der Waals surface area contributed by atoms with Crippen LogP contribution >= 0.6 is 0 Å². The van der Waals surface area contributed by atoms with Crippen LogP contribution in [0.3, 0.4) is 0 Å². The number of benzene rings is 1. The van der Waals surface area contributed by atoms with Gasteiger partial charge in [-0.05, 0) is 18.2 Å². The lowest BCUT2D eigenvalue weighted by Gasteiger charge is -2.04. The molecule has 0 spiro atoms. The molecule has 0 atom stereocenters. The Bertz CT molecular complexity index is 712. The largest absolute Gasteiger partial charge is 0.478 e. The van der Waals surface area contributed by atoms with Gasteiger partial charge in [0.2, 0.25) is 6.39 Å². The van der Waals surface area contributed by atoms with Gasteiger partial charge >= 0.3 is 5.97 Å². The molecule has 100 valence electrons. The molecule has 2 aromatic rings. The number of aromatic nitrogens is 2. The fourth-order valence-corrected chi connectivity index (χ4v) is 2.64. The summed E-state index contributed by atoms with van der Waals surface area (Å²) in [5, 5.41) is 12.0. The zero-order chi connectivity index (χ0) is 14.0. The maximum atomic E-state index is 13.6. The van der Waals surface area contributed by atoms with Crippen LogP contribution in [0.2, 0.25) is 0 Å². The first kappa shape index (κ1) is 13.1. The van der Waals surface area contributed by atoms with E-state index in [1.807, 2.05) is 0 Å². The summed E-state index contributed by atoms with van der Waals surface area (Å²) in [6.45, 7) is 0. The van der Waals surface area contributed by atoms with E-state index in [0.29, 0.717) is 6.07 Å². The number of carboxylic acid groups (broad SMARTS) is 1. The van der Waals surface area contributed by atoms with E-state index in [2.05, 4.69) is 14.7 Å². The predicted molar refractivity (Wildman–Crippen MR) is 58.5 cm³/mol. The number of hydrogen-bond donors (Lipinski definition) is 1. The van der Waals surface area contributed by atoms with Crippen molar-refractivity contribution in [3.8, 4) is 0 Å². The van der Waals surface area contributed by atoms with Gasteiger partial charge in [-0.15, -0.1) is 0 Å². The second kappa shape index (κ2) is 4.76. The number of hydrogen-bond acceptors (Lipinski definition) is 6. The number of rotatable bonds is 4. The van der Waals surface area contributed by atoms with Crippen molar-refractivity contribution >= 4 is 15.8 Å². The smallest absolute Gasteiger partial charge is 0.335 e. The number of carboxylic acids is 1.